The Morgan fingerprint density at radius 1 is 1.19 bits per heavy atom. The molecule has 3 heteroatoms. The predicted molar refractivity (Wildman–Crippen MR) is 62.0 cm³/mol. The lowest BCUT2D eigenvalue weighted by Crippen LogP contribution is -2.16. The summed E-state index contributed by atoms with van der Waals surface area (Å²) in [5.74, 6) is -1.16. The van der Waals surface area contributed by atoms with Crippen LogP contribution in [0.25, 0.3) is 0 Å². The van der Waals surface area contributed by atoms with Gasteiger partial charge in [-0.3, -0.25) is 0 Å². The van der Waals surface area contributed by atoms with Crippen molar-refractivity contribution in [2.45, 2.75) is 39.2 Å². The zero-order chi connectivity index (χ0) is 12.1. The highest BCUT2D eigenvalue weighted by atomic mass is 19.2. The van der Waals surface area contributed by atoms with Crippen LogP contribution < -0.4 is 5.73 Å². The standard InChI is InChI=1S/C13H19F2N/c1-3-9(4-2)8-12(16)10-6-5-7-11(14)13(10)15/h5-7,9,12H,3-4,8,16H2,1-2H3. The van der Waals surface area contributed by atoms with Crippen molar-refractivity contribution in [3.63, 3.8) is 0 Å². The smallest absolute Gasteiger partial charge is 0.163 e. The highest BCUT2D eigenvalue weighted by Gasteiger charge is 2.17. The van der Waals surface area contributed by atoms with E-state index in [4.69, 9.17) is 5.73 Å². The Bertz CT molecular complexity index is 335. The number of hydrogen-bond acceptors (Lipinski definition) is 1. The molecule has 2 N–H and O–H groups in total. The molecule has 0 saturated heterocycles. The second-order valence-corrected chi connectivity index (χ2v) is 4.17. The molecule has 90 valence electrons. The third-order valence-corrected chi connectivity index (χ3v) is 3.12. The first-order valence-corrected chi connectivity index (χ1v) is 5.79. The predicted octanol–water partition coefficient (Wildman–Crippen LogP) is 3.79. The molecule has 0 heterocycles. The molecular weight excluding hydrogens is 208 g/mol. The molecule has 1 atom stereocenters. The van der Waals surface area contributed by atoms with Crippen molar-refractivity contribution in [1.82, 2.24) is 0 Å². The fourth-order valence-corrected chi connectivity index (χ4v) is 1.91. The summed E-state index contributed by atoms with van der Waals surface area (Å²) in [6, 6.07) is 3.76. The fraction of sp³-hybridized carbons (Fsp3) is 0.538. The Kier molecular flexibility index (Phi) is 4.87. The number of rotatable bonds is 5. The highest BCUT2D eigenvalue weighted by Crippen LogP contribution is 2.25. The van der Waals surface area contributed by atoms with Gasteiger partial charge in [-0.25, -0.2) is 8.78 Å². The maximum Gasteiger partial charge on any atom is 0.163 e. The first kappa shape index (κ1) is 13.1. The number of benzene rings is 1. The molecule has 0 bridgehead atoms. The van der Waals surface area contributed by atoms with Crippen LogP contribution in [0.1, 0.15) is 44.7 Å². The molecule has 1 aromatic rings. The van der Waals surface area contributed by atoms with Crippen molar-refractivity contribution in [2.24, 2.45) is 11.7 Å². The van der Waals surface area contributed by atoms with Gasteiger partial charge >= 0.3 is 0 Å². The van der Waals surface area contributed by atoms with E-state index in [0.29, 0.717) is 12.3 Å². The highest BCUT2D eigenvalue weighted by molar-refractivity contribution is 5.22. The molecule has 0 aliphatic rings. The minimum absolute atomic E-state index is 0.284. The van der Waals surface area contributed by atoms with Gasteiger partial charge in [-0.2, -0.15) is 0 Å². The second kappa shape index (κ2) is 5.94. The van der Waals surface area contributed by atoms with Crippen LogP contribution in [-0.4, -0.2) is 0 Å². The van der Waals surface area contributed by atoms with Crippen molar-refractivity contribution < 1.29 is 8.78 Å². The summed E-state index contributed by atoms with van der Waals surface area (Å²) in [7, 11) is 0. The zero-order valence-corrected chi connectivity index (χ0v) is 9.84. The number of nitrogens with two attached hydrogens (primary N) is 1. The lowest BCUT2D eigenvalue weighted by molar-refractivity contribution is 0.401. The Morgan fingerprint density at radius 2 is 1.81 bits per heavy atom. The van der Waals surface area contributed by atoms with E-state index in [1.54, 1.807) is 6.07 Å². The van der Waals surface area contributed by atoms with E-state index in [-0.39, 0.29) is 5.56 Å². The van der Waals surface area contributed by atoms with Crippen LogP contribution >= 0.6 is 0 Å². The van der Waals surface area contributed by atoms with E-state index in [0.717, 1.165) is 18.9 Å². The van der Waals surface area contributed by atoms with Gasteiger partial charge in [0, 0.05) is 11.6 Å². The molecule has 0 aromatic heterocycles. The van der Waals surface area contributed by atoms with Gasteiger partial charge in [-0.15, -0.1) is 0 Å². The first-order valence-electron chi connectivity index (χ1n) is 5.79. The van der Waals surface area contributed by atoms with Gasteiger partial charge in [-0.1, -0.05) is 38.8 Å². The minimum Gasteiger partial charge on any atom is -0.324 e. The van der Waals surface area contributed by atoms with Crippen molar-refractivity contribution in [2.75, 3.05) is 0 Å². The van der Waals surface area contributed by atoms with Gasteiger partial charge < -0.3 is 5.73 Å². The first-order chi connectivity index (χ1) is 7.60. The zero-order valence-electron chi connectivity index (χ0n) is 9.84. The third-order valence-electron chi connectivity index (χ3n) is 3.12. The molecule has 0 aliphatic heterocycles. The molecular formula is C13H19F2N. The molecule has 1 rings (SSSR count). The average Bonchev–Trinajstić information content (AvgIpc) is 2.29. The van der Waals surface area contributed by atoms with E-state index in [2.05, 4.69) is 13.8 Å². The molecule has 0 spiro atoms. The number of halogens is 2. The van der Waals surface area contributed by atoms with Gasteiger partial charge in [0.25, 0.3) is 0 Å². The van der Waals surface area contributed by atoms with E-state index in [9.17, 15) is 8.78 Å². The molecule has 1 aromatic carbocycles. The summed E-state index contributed by atoms with van der Waals surface area (Å²) in [6.45, 7) is 4.17. The summed E-state index contributed by atoms with van der Waals surface area (Å²) < 4.78 is 26.5. The maximum absolute atomic E-state index is 13.5. The number of hydrogen-bond donors (Lipinski definition) is 1. The second-order valence-electron chi connectivity index (χ2n) is 4.17. The van der Waals surface area contributed by atoms with Gasteiger partial charge in [-0.05, 0) is 18.4 Å². The fourth-order valence-electron chi connectivity index (χ4n) is 1.91. The summed E-state index contributed by atoms with van der Waals surface area (Å²) in [4.78, 5) is 0. The molecule has 0 radical (unpaired) electrons. The lowest BCUT2D eigenvalue weighted by atomic mass is 9.91. The van der Waals surface area contributed by atoms with Crippen molar-refractivity contribution in [3.8, 4) is 0 Å². The van der Waals surface area contributed by atoms with Crippen LogP contribution in [-0.2, 0) is 0 Å². The molecule has 1 nitrogen and oxygen atoms in total. The molecule has 0 amide bonds. The summed E-state index contributed by atoms with van der Waals surface area (Å²) in [5.41, 5.74) is 6.19. The topological polar surface area (TPSA) is 26.0 Å². The van der Waals surface area contributed by atoms with Gasteiger partial charge in [0.2, 0.25) is 0 Å². The molecule has 16 heavy (non-hydrogen) atoms. The molecule has 0 aliphatic carbocycles. The average molecular weight is 227 g/mol. The summed E-state index contributed by atoms with van der Waals surface area (Å²) in [5, 5.41) is 0. The minimum atomic E-state index is -0.822. The summed E-state index contributed by atoms with van der Waals surface area (Å²) >= 11 is 0. The Labute approximate surface area is 95.7 Å². The van der Waals surface area contributed by atoms with Gasteiger partial charge in [0.05, 0.1) is 0 Å². The third kappa shape index (κ3) is 3.01. The molecule has 0 fully saturated rings. The lowest BCUT2D eigenvalue weighted by Gasteiger charge is -2.19. The Morgan fingerprint density at radius 3 is 2.38 bits per heavy atom. The van der Waals surface area contributed by atoms with Crippen LogP contribution in [0.15, 0.2) is 18.2 Å². The monoisotopic (exact) mass is 227 g/mol. The van der Waals surface area contributed by atoms with Gasteiger partial charge in [0.15, 0.2) is 11.6 Å². The van der Waals surface area contributed by atoms with E-state index < -0.39 is 17.7 Å². The van der Waals surface area contributed by atoms with Crippen LogP contribution in [0.3, 0.4) is 0 Å². The van der Waals surface area contributed by atoms with Crippen LogP contribution in [0.5, 0.6) is 0 Å². The SMILES string of the molecule is CCC(CC)CC(N)c1cccc(F)c1F. The van der Waals surface area contributed by atoms with Crippen LogP contribution in [0, 0.1) is 17.6 Å². The normalized spacial score (nSPS) is 13.1. The maximum atomic E-state index is 13.5. The molecule has 1 unspecified atom stereocenters. The van der Waals surface area contributed by atoms with Crippen molar-refractivity contribution in [3.05, 3.63) is 35.4 Å². The van der Waals surface area contributed by atoms with E-state index >= 15 is 0 Å². The Balaban J connectivity index is 2.80. The van der Waals surface area contributed by atoms with Crippen molar-refractivity contribution >= 4 is 0 Å². The largest absolute Gasteiger partial charge is 0.324 e. The molecule has 0 saturated carbocycles. The van der Waals surface area contributed by atoms with Crippen LogP contribution in [0.2, 0.25) is 0 Å². The van der Waals surface area contributed by atoms with Gasteiger partial charge in [0.1, 0.15) is 0 Å². The van der Waals surface area contributed by atoms with Crippen LogP contribution in [0.4, 0.5) is 8.78 Å². The Hall–Kier alpha value is -0.960. The quantitative estimate of drug-likeness (QED) is 0.813. The van der Waals surface area contributed by atoms with E-state index in [1.165, 1.54) is 6.07 Å². The van der Waals surface area contributed by atoms with Crippen molar-refractivity contribution in [1.29, 1.82) is 0 Å². The van der Waals surface area contributed by atoms with E-state index in [1.807, 2.05) is 0 Å². The summed E-state index contributed by atoms with van der Waals surface area (Å²) in [6.07, 6.45) is 2.73.